The lowest BCUT2D eigenvalue weighted by molar-refractivity contribution is -0.119. The molecule has 1 amide bonds. The highest BCUT2D eigenvalue weighted by Crippen LogP contribution is 2.26. The molecular formula is C28H32F2N4O5. The summed E-state index contributed by atoms with van der Waals surface area (Å²) < 4.78 is 39.8. The van der Waals surface area contributed by atoms with Gasteiger partial charge in [0.15, 0.2) is 6.10 Å². The van der Waals surface area contributed by atoms with Gasteiger partial charge in [0.25, 0.3) is 5.56 Å². The third-order valence-electron chi connectivity index (χ3n) is 7.45. The second kappa shape index (κ2) is 12.0. The average molecular weight is 543 g/mol. The molecule has 0 aliphatic carbocycles. The van der Waals surface area contributed by atoms with Crippen LogP contribution >= 0.6 is 0 Å². The van der Waals surface area contributed by atoms with Gasteiger partial charge in [-0.15, -0.1) is 0 Å². The molecule has 2 fully saturated rings. The molecule has 0 N–H and O–H groups in total. The summed E-state index contributed by atoms with van der Waals surface area (Å²) >= 11 is 0. The van der Waals surface area contributed by atoms with Crippen molar-refractivity contribution in [3.8, 4) is 5.75 Å². The van der Waals surface area contributed by atoms with Gasteiger partial charge in [0.1, 0.15) is 19.1 Å². The maximum Gasteiger partial charge on any atom is 0.332 e. The number of amides is 1. The molecular weight excluding hydrogens is 510 g/mol. The molecule has 39 heavy (non-hydrogen) atoms. The first-order chi connectivity index (χ1) is 19.0. The fourth-order valence-corrected chi connectivity index (χ4v) is 5.29. The van der Waals surface area contributed by atoms with Gasteiger partial charge in [-0.3, -0.25) is 18.7 Å². The number of carbonyl (C=O) groups excluding carboxylic acids is 1. The number of benzene rings is 2. The van der Waals surface area contributed by atoms with E-state index >= 15 is 0 Å². The number of anilines is 1. The maximum absolute atomic E-state index is 13.8. The molecule has 3 aromatic rings. The Morgan fingerprint density at radius 3 is 2.31 bits per heavy atom. The molecule has 2 saturated heterocycles. The second-order valence-corrected chi connectivity index (χ2v) is 9.91. The maximum atomic E-state index is 13.8. The first-order valence-corrected chi connectivity index (χ1v) is 13.2. The molecule has 2 aliphatic rings. The van der Waals surface area contributed by atoms with Crippen LogP contribution in [0.25, 0.3) is 10.9 Å². The van der Waals surface area contributed by atoms with E-state index in [-0.39, 0.29) is 23.7 Å². The number of fused-ring (bicyclic) bond motifs is 1. The van der Waals surface area contributed by atoms with Crippen molar-refractivity contribution in [2.75, 3.05) is 57.6 Å². The zero-order valence-electron chi connectivity index (χ0n) is 21.6. The van der Waals surface area contributed by atoms with Gasteiger partial charge in [0.2, 0.25) is 6.41 Å². The second-order valence-electron chi connectivity index (χ2n) is 9.91. The lowest BCUT2D eigenvalue weighted by atomic mass is 10.0. The monoisotopic (exact) mass is 542 g/mol. The largest absolute Gasteiger partial charge is 0.485 e. The Morgan fingerprint density at radius 2 is 1.67 bits per heavy atom. The van der Waals surface area contributed by atoms with Crippen LogP contribution in [-0.2, 0) is 16.1 Å². The zero-order valence-corrected chi connectivity index (χ0v) is 21.6. The molecule has 0 saturated carbocycles. The van der Waals surface area contributed by atoms with Crippen LogP contribution in [0.2, 0.25) is 0 Å². The van der Waals surface area contributed by atoms with Gasteiger partial charge in [-0.25, -0.2) is 13.6 Å². The molecule has 2 aromatic carbocycles. The lowest BCUT2D eigenvalue weighted by Crippen LogP contribution is -2.44. The van der Waals surface area contributed by atoms with Crippen LogP contribution in [0.5, 0.6) is 5.75 Å². The van der Waals surface area contributed by atoms with Gasteiger partial charge in [0, 0.05) is 37.9 Å². The van der Waals surface area contributed by atoms with Gasteiger partial charge in [-0.05, 0) is 48.7 Å². The van der Waals surface area contributed by atoms with Crippen LogP contribution in [0.4, 0.5) is 14.5 Å². The molecule has 0 spiro atoms. The van der Waals surface area contributed by atoms with Crippen molar-refractivity contribution in [3.63, 3.8) is 0 Å². The van der Waals surface area contributed by atoms with Crippen molar-refractivity contribution in [2.45, 2.75) is 31.5 Å². The first kappa shape index (κ1) is 26.9. The van der Waals surface area contributed by atoms with Crippen LogP contribution in [-0.4, -0.2) is 79.3 Å². The highest BCUT2D eigenvalue weighted by Gasteiger charge is 2.25. The van der Waals surface area contributed by atoms with Crippen LogP contribution in [0.3, 0.4) is 0 Å². The van der Waals surface area contributed by atoms with E-state index in [4.69, 9.17) is 9.47 Å². The summed E-state index contributed by atoms with van der Waals surface area (Å²) in [5, 5.41) is 0.228. The van der Waals surface area contributed by atoms with E-state index in [1.807, 2.05) is 24.3 Å². The number of halogens is 2. The molecule has 1 aromatic heterocycles. The van der Waals surface area contributed by atoms with Gasteiger partial charge in [-0.2, -0.15) is 0 Å². The van der Waals surface area contributed by atoms with Gasteiger partial charge >= 0.3 is 5.69 Å². The third kappa shape index (κ3) is 5.68. The van der Waals surface area contributed by atoms with Crippen LogP contribution < -0.4 is 20.9 Å². The predicted octanol–water partition coefficient (Wildman–Crippen LogP) is 2.53. The SMILES string of the molecule is O=CN1CCC(n2c(=O)n(Cc3ccc(N4CCOCC4)cc3)c(=O)c3cc(OC(CF)CF)ccc32)CC1. The number of hydrogen-bond donors (Lipinski definition) is 0. The van der Waals surface area contributed by atoms with E-state index in [1.165, 1.54) is 16.7 Å². The molecule has 0 atom stereocenters. The van der Waals surface area contributed by atoms with Crippen molar-refractivity contribution in [3.05, 3.63) is 68.9 Å². The minimum atomic E-state index is -1.27. The molecule has 11 heteroatoms. The number of aromatic nitrogens is 2. The summed E-state index contributed by atoms with van der Waals surface area (Å²) in [6.45, 7) is 1.99. The highest BCUT2D eigenvalue weighted by molar-refractivity contribution is 5.80. The number of rotatable bonds is 9. The number of morpholine rings is 1. The smallest absolute Gasteiger partial charge is 0.332 e. The van der Waals surface area contributed by atoms with Crippen molar-refractivity contribution >= 4 is 23.0 Å². The minimum Gasteiger partial charge on any atom is -0.485 e. The molecule has 5 rings (SSSR count). The number of piperidine rings is 1. The van der Waals surface area contributed by atoms with E-state index in [9.17, 15) is 23.2 Å². The van der Waals surface area contributed by atoms with Crippen molar-refractivity contribution in [1.29, 1.82) is 0 Å². The van der Waals surface area contributed by atoms with Gasteiger partial charge in [-0.1, -0.05) is 12.1 Å². The normalized spacial score (nSPS) is 16.7. The van der Waals surface area contributed by atoms with Gasteiger partial charge in [0.05, 0.1) is 30.7 Å². The molecule has 9 nitrogen and oxygen atoms in total. The first-order valence-electron chi connectivity index (χ1n) is 13.2. The quantitative estimate of drug-likeness (QED) is 0.387. The Hall–Kier alpha value is -3.73. The van der Waals surface area contributed by atoms with Crippen molar-refractivity contribution in [1.82, 2.24) is 14.0 Å². The molecule has 3 heterocycles. The molecule has 2 aliphatic heterocycles. The Kier molecular flexibility index (Phi) is 8.25. The lowest BCUT2D eigenvalue weighted by Gasteiger charge is -2.31. The van der Waals surface area contributed by atoms with Gasteiger partial charge < -0.3 is 19.3 Å². The molecule has 0 unspecified atom stereocenters. The van der Waals surface area contributed by atoms with Crippen LogP contribution in [0.15, 0.2) is 52.1 Å². The highest BCUT2D eigenvalue weighted by atomic mass is 19.1. The fraction of sp³-hybridized carbons (Fsp3) is 0.464. The van der Waals surface area contributed by atoms with Crippen LogP contribution in [0.1, 0.15) is 24.4 Å². The number of alkyl halides is 2. The third-order valence-corrected chi connectivity index (χ3v) is 7.45. The summed E-state index contributed by atoms with van der Waals surface area (Å²) in [5.41, 5.74) is 1.32. The summed E-state index contributed by atoms with van der Waals surface area (Å²) in [6.07, 6.45) is 0.649. The minimum absolute atomic E-state index is 0.0624. The summed E-state index contributed by atoms with van der Waals surface area (Å²) in [7, 11) is 0. The predicted molar refractivity (Wildman–Crippen MR) is 143 cm³/mol. The number of nitrogens with zero attached hydrogens (tertiary/aromatic N) is 4. The number of ether oxygens (including phenoxy) is 2. The Morgan fingerprint density at radius 1 is 0.974 bits per heavy atom. The standard InChI is InChI=1S/C28H32F2N4O5/c29-16-24(17-30)39-23-5-6-26-25(15-23)27(36)33(28(37)34(26)22-7-9-31(19-35)10-8-22)18-20-1-3-21(4-2-20)32-11-13-38-14-12-32/h1-6,15,19,22,24H,7-14,16-18H2. The Bertz CT molecular complexity index is 1410. The Labute approximate surface area is 224 Å². The molecule has 0 bridgehead atoms. The van der Waals surface area contributed by atoms with Crippen molar-refractivity contribution < 1.29 is 23.0 Å². The summed E-state index contributed by atoms with van der Waals surface area (Å²) in [4.78, 5) is 42.6. The van der Waals surface area contributed by atoms with E-state index < -0.39 is 30.7 Å². The van der Waals surface area contributed by atoms with Crippen LogP contribution in [0, 0.1) is 0 Å². The van der Waals surface area contributed by atoms with E-state index in [1.54, 1.807) is 15.5 Å². The van der Waals surface area contributed by atoms with E-state index in [2.05, 4.69) is 4.90 Å². The number of likely N-dealkylation sites (tertiary alicyclic amines) is 1. The Balaban J connectivity index is 1.54. The molecule has 208 valence electrons. The molecule has 0 radical (unpaired) electrons. The topological polar surface area (TPSA) is 86.0 Å². The van der Waals surface area contributed by atoms with E-state index in [0.29, 0.717) is 44.7 Å². The van der Waals surface area contributed by atoms with E-state index in [0.717, 1.165) is 30.8 Å². The summed E-state index contributed by atoms with van der Waals surface area (Å²) in [5.74, 6) is 0.155. The average Bonchev–Trinajstić information content (AvgIpc) is 2.99. The fourth-order valence-electron chi connectivity index (χ4n) is 5.29. The number of hydrogen-bond acceptors (Lipinski definition) is 6. The summed E-state index contributed by atoms with van der Waals surface area (Å²) in [6, 6.07) is 12.1. The zero-order chi connectivity index (χ0) is 27.4. The van der Waals surface area contributed by atoms with Crippen molar-refractivity contribution in [2.24, 2.45) is 0 Å². The number of carbonyl (C=O) groups is 1.